The van der Waals surface area contributed by atoms with Gasteiger partial charge in [-0.1, -0.05) is 24.3 Å². The zero-order valence-corrected chi connectivity index (χ0v) is 15.2. The van der Waals surface area contributed by atoms with E-state index in [1.165, 1.54) is 6.92 Å². The maximum atomic E-state index is 13.1. The van der Waals surface area contributed by atoms with Crippen LogP contribution in [0.4, 0.5) is 0 Å². The van der Waals surface area contributed by atoms with Gasteiger partial charge < -0.3 is 9.47 Å². The fraction of sp³-hybridized carbons (Fsp3) is 0.250. The highest BCUT2D eigenvalue weighted by molar-refractivity contribution is 6.08. The number of carbonyl (C=O) groups is 4. The Kier molecular flexibility index (Phi) is 3.99. The first-order valence-electron chi connectivity index (χ1n) is 8.70. The summed E-state index contributed by atoms with van der Waals surface area (Å²) in [7, 11) is 0. The van der Waals surface area contributed by atoms with E-state index in [0.29, 0.717) is 5.52 Å². The van der Waals surface area contributed by atoms with Crippen LogP contribution in [0.1, 0.15) is 32.4 Å². The molecular formula is C20H16N2O6. The lowest BCUT2D eigenvalue weighted by molar-refractivity contribution is -0.144. The van der Waals surface area contributed by atoms with Crippen LogP contribution in [0.25, 0.3) is 10.9 Å². The highest BCUT2D eigenvalue weighted by Gasteiger charge is 2.54. The van der Waals surface area contributed by atoms with Gasteiger partial charge in [0.15, 0.2) is 0 Å². The molecule has 0 bridgehead atoms. The first-order chi connectivity index (χ1) is 13.3. The number of esters is 1. The number of rotatable bonds is 3. The van der Waals surface area contributed by atoms with E-state index < -0.39 is 34.9 Å². The van der Waals surface area contributed by atoms with Crippen LogP contribution in [0, 0.1) is 0 Å². The number of ether oxygens (including phenoxy) is 2. The molecule has 2 aliphatic heterocycles. The molecule has 1 saturated heterocycles. The average molecular weight is 380 g/mol. The molecule has 0 radical (unpaired) electrons. The molecule has 28 heavy (non-hydrogen) atoms. The lowest BCUT2D eigenvalue weighted by atomic mass is 9.95. The van der Waals surface area contributed by atoms with E-state index in [1.54, 1.807) is 18.2 Å². The fourth-order valence-corrected chi connectivity index (χ4v) is 3.28. The summed E-state index contributed by atoms with van der Waals surface area (Å²) in [6.45, 7) is 2.59. The van der Waals surface area contributed by atoms with E-state index in [9.17, 15) is 19.2 Å². The number of amides is 2. The second-order valence-corrected chi connectivity index (χ2v) is 6.70. The van der Waals surface area contributed by atoms with Crippen LogP contribution in [0.3, 0.4) is 0 Å². The number of nitrogens with zero attached hydrogens (tertiary/aromatic N) is 2. The van der Waals surface area contributed by atoms with Gasteiger partial charge in [0.1, 0.15) is 0 Å². The standard InChI is InChI=1S/C20H16N2O6/c1-11(23)27-17-18(26)20(2,28-19(17)22-15(24)9-10-16(22)25)14-8-7-12-5-3-4-6-13(12)21-14/h3-8H,9-10H2,1-2H3. The molecule has 142 valence electrons. The highest BCUT2D eigenvalue weighted by atomic mass is 16.6. The van der Waals surface area contributed by atoms with Crippen LogP contribution in [-0.4, -0.2) is 33.5 Å². The normalized spacial score (nSPS) is 22.2. The number of likely N-dealkylation sites (tertiary alicyclic amines) is 1. The number of aromatic nitrogens is 1. The van der Waals surface area contributed by atoms with Gasteiger partial charge in [-0.15, -0.1) is 0 Å². The monoisotopic (exact) mass is 380 g/mol. The third-order valence-electron chi connectivity index (χ3n) is 4.72. The van der Waals surface area contributed by atoms with Crippen molar-refractivity contribution in [2.24, 2.45) is 0 Å². The van der Waals surface area contributed by atoms with Crippen molar-refractivity contribution in [2.75, 3.05) is 0 Å². The summed E-state index contributed by atoms with van der Waals surface area (Å²) in [5.41, 5.74) is -0.726. The van der Waals surface area contributed by atoms with Crippen molar-refractivity contribution >= 4 is 34.5 Å². The molecule has 0 saturated carbocycles. The predicted octanol–water partition coefficient (Wildman–Crippen LogP) is 1.93. The molecule has 2 amide bonds. The molecule has 1 fully saturated rings. The number of carbonyl (C=O) groups excluding carboxylic acids is 4. The molecule has 4 rings (SSSR count). The number of ketones is 1. The van der Waals surface area contributed by atoms with Crippen molar-refractivity contribution in [2.45, 2.75) is 32.3 Å². The van der Waals surface area contributed by atoms with Crippen LogP contribution >= 0.6 is 0 Å². The van der Waals surface area contributed by atoms with Gasteiger partial charge in [0.05, 0.1) is 11.2 Å². The summed E-state index contributed by atoms with van der Waals surface area (Å²) in [4.78, 5) is 54.2. The Labute approximate surface area is 159 Å². The lowest BCUT2D eigenvalue weighted by Crippen LogP contribution is -2.34. The van der Waals surface area contributed by atoms with E-state index in [-0.39, 0.29) is 24.4 Å². The van der Waals surface area contributed by atoms with Crippen molar-refractivity contribution in [3.8, 4) is 0 Å². The second-order valence-electron chi connectivity index (χ2n) is 6.70. The molecule has 1 atom stereocenters. The molecule has 1 unspecified atom stereocenters. The second kappa shape index (κ2) is 6.26. The van der Waals surface area contributed by atoms with Gasteiger partial charge in [-0.05, 0) is 19.1 Å². The SMILES string of the molecule is CC(=O)OC1=C(N2C(=O)CCC2=O)OC(C)(c2ccc3ccccc3n2)C1=O. The number of pyridine rings is 1. The van der Waals surface area contributed by atoms with E-state index in [4.69, 9.17) is 9.47 Å². The molecular weight excluding hydrogens is 364 g/mol. The summed E-state index contributed by atoms with van der Waals surface area (Å²) in [5, 5.41) is 0.874. The molecule has 0 spiro atoms. The Hall–Kier alpha value is -3.55. The third-order valence-corrected chi connectivity index (χ3v) is 4.72. The molecule has 3 heterocycles. The van der Waals surface area contributed by atoms with Crippen LogP contribution in [-0.2, 0) is 34.3 Å². The molecule has 0 aliphatic carbocycles. The number of Topliss-reactive ketones (excluding diaryl/α,β-unsaturated/α-hetero) is 1. The predicted molar refractivity (Wildman–Crippen MR) is 95.1 cm³/mol. The van der Waals surface area contributed by atoms with Gasteiger partial charge in [-0.25, -0.2) is 9.88 Å². The Morgan fingerprint density at radius 1 is 1.11 bits per heavy atom. The maximum Gasteiger partial charge on any atom is 0.308 e. The number of fused-ring (bicyclic) bond motifs is 1. The van der Waals surface area contributed by atoms with Gasteiger partial charge in [0.25, 0.3) is 11.7 Å². The van der Waals surface area contributed by atoms with Crippen molar-refractivity contribution in [3.05, 3.63) is 53.7 Å². The first-order valence-corrected chi connectivity index (χ1v) is 8.70. The molecule has 2 aliphatic rings. The largest absolute Gasteiger partial charge is 0.454 e. The van der Waals surface area contributed by atoms with Gasteiger partial charge in [0.2, 0.25) is 23.2 Å². The van der Waals surface area contributed by atoms with Crippen molar-refractivity contribution in [1.29, 1.82) is 0 Å². The number of hydrogen-bond donors (Lipinski definition) is 0. The molecule has 8 nitrogen and oxygen atoms in total. The summed E-state index contributed by atoms with van der Waals surface area (Å²) >= 11 is 0. The first kappa shape index (κ1) is 17.8. The fourth-order valence-electron chi connectivity index (χ4n) is 3.28. The van der Waals surface area contributed by atoms with Gasteiger partial charge >= 0.3 is 5.97 Å². The van der Waals surface area contributed by atoms with Gasteiger partial charge in [0, 0.05) is 25.2 Å². The van der Waals surface area contributed by atoms with Gasteiger partial charge in [-0.3, -0.25) is 19.2 Å². The molecule has 1 aromatic heterocycles. The number of para-hydroxylation sites is 1. The quantitative estimate of drug-likeness (QED) is 0.592. The Balaban J connectivity index is 1.81. The Bertz CT molecular complexity index is 1070. The summed E-state index contributed by atoms with van der Waals surface area (Å²) < 4.78 is 10.9. The number of imide groups is 1. The Morgan fingerprint density at radius 3 is 2.46 bits per heavy atom. The van der Waals surface area contributed by atoms with E-state index in [1.807, 2.05) is 18.2 Å². The summed E-state index contributed by atoms with van der Waals surface area (Å²) in [6.07, 6.45) is -0.00362. The minimum atomic E-state index is -1.65. The van der Waals surface area contributed by atoms with Crippen LogP contribution in [0.5, 0.6) is 0 Å². The third kappa shape index (κ3) is 2.65. The van der Waals surface area contributed by atoms with E-state index in [0.717, 1.165) is 17.2 Å². The summed E-state index contributed by atoms with van der Waals surface area (Å²) in [6, 6.07) is 10.8. The smallest absolute Gasteiger partial charge is 0.308 e. The molecule has 8 heteroatoms. The van der Waals surface area contributed by atoms with Crippen LogP contribution in [0.2, 0.25) is 0 Å². The number of hydrogen-bond acceptors (Lipinski definition) is 7. The lowest BCUT2D eigenvalue weighted by Gasteiger charge is -2.24. The average Bonchev–Trinajstić information content (AvgIpc) is 3.12. The Morgan fingerprint density at radius 2 is 1.79 bits per heavy atom. The number of benzene rings is 1. The van der Waals surface area contributed by atoms with Crippen molar-refractivity contribution in [3.63, 3.8) is 0 Å². The molecule has 0 N–H and O–H groups in total. The molecule has 1 aromatic carbocycles. The minimum Gasteiger partial charge on any atom is -0.454 e. The zero-order valence-electron chi connectivity index (χ0n) is 15.2. The minimum absolute atomic E-state index is 0.00181. The van der Waals surface area contributed by atoms with Crippen molar-refractivity contribution in [1.82, 2.24) is 9.88 Å². The van der Waals surface area contributed by atoms with Crippen molar-refractivity contribution < 1.29 is 28.7 Å². The summed E-state index contributed by atoms with van der Waals surface area (Å²) in [5.74, 6) is -3.31. The van der Waals surface area contributed by atoms with Gasteiger partial charge in [-0.2, -0.15) is 0 Å². The zero-order chi connectivity index (χ0) is 20.1. The van der Waals surface area contributed by atoms with Crippen LogP contribution < -0.4 is 0 Å². The highest BCUT2D eigenvalue weighted by Crippen LogP contribution is 2.41. The van der Waals surface area contributed by atoms with E-state index >= 15 is 0 Å². The topological polar surface area (TPSA) is 103 Å². The maximum absolute atomic E-state index is 13.1. The molecule has 2 aromatic rings. The van der Waals surface area contributed by atoms with Crippen LogP contribution in [0.15, 0.2) is 48.0 Å². The van der Waals surface area contributed by atoms with E-state index in [2.05, 4.69) is 4.98 Å².